The van der Waals surface area contributed by atoms with Gasteiger partial charge in [0.05, 0.1) is 0 Å². The van der Waals surface area contributed by atoms with Crippen LogP contribution < -0.4 is 0 Å². The van der Waals surface area contributed by atoms with Gasteiger partial charge in [0.2, 0.25) is 0 Å². The zero-order valence-corrected chi connectivity index (χ0v) is 11.9. The van der Waals surface area contributed by atoms with Gasteiger partial charge in [-0.3, -0.25) is 9.69 Å². The highest BCUT2D eigenvalue weighted by atomic mass is 16.4. The average Bonchev–Trinajstić information content (AvgIpc) is 2.71. The Morgan fingerprint density at radius 1 is 0.905 bits per heavy atom. The Bertz CT molecular complexity index is 597. The minimum atomic E-state index is -0.771. The molecule has 0 spiro atoms. The normalized spacial score (nSPS) is 16.8. The molecule has 0 radical (unpaired) electrons. The van der Waals surface area contributed by atoms with E-state index in [9.17, 15) is 9.90 Å². The van der Waals surface area contributed by atoms with Gasteiger partial charge in [0.15, 0.2) is 0 Å². The maximum Gasteiger partial charge on any atom is 0.325 e. The van der Waals surface area contributed by atoms with Gasteiger partial charge in [-0.25, -0.2) is 0 Å². The van der Waals surface area contributed by atoms with E-state index in [2.05, 4.69) is 29.2 Å². The summed E-state index contributed by atoms with van der Waals surface area (Å²) in [6.45, 7) is 1.56. The molecular formula is C18H19NO2. The number of aliphatic carboxylic acids is 1. The van der Waals surface area contributed by atoms with E-state index in [4.69, 9.17) is 0 Å². The highest BCUT2D eigenvalue weighted by Crippen LogP contribution is 2.25. The summed E-state index contributed by atoms with van der Waals surface area (Å²) < 4.78 is 0. The minimum absolute atomic E-state index is 0.555. The summed E-state index contributed by atoms with van der Waals surface area (Å²) in [5.74, 6) is -0.771. The number of carboxylic acid groups (broad SMARTS) is 1. The van der Waals surface area contributed by atoms with E-state index in [1.807, 2.05) is 30.3 Å². The first-order valence-corrected chi connectivity index (χ1v) is 7.34. The molecule has 0 aromatic heterocycles. The third-order valence-corrected chi connectivity index (χ3v) is 4.17. The van der Waals surface area contributed by atoms with Gasteiger partial charge < -0.3 is 5.11 Å². The number of rotatable bonds is 3. The van der Waals surface area contributed by atoms with Crippen LogP contribution in [0, 0.1) is 0 Å². The number of hydrogen-bond donors (Lipinski definition) is 1. The fourth-order valence-corrected chi connectivity index (χ4v) is 3.09. The molecule has 0 bridgehead atoms. The molecule has 1 unspecified atom stereocenters. The zero-order valence-electron chi connectivity index (χ0n) is 11.9. The Hall–Kier alpha value is -2.13. The van der Waals surface area contributed by atoms with Crippen LogP contribution in [0.15, 0.2) is 54.6 Å². The molecule has 108 valence electrons. The maximum absolute atomic E-state index is 11.7. The second-order valence-electron chi connectivity index (χ2n) is 5.46. The van der Waals surface area contributed by atoms with Crippen molar-refractivity contribution in [1.82, 2.24) is 4.90 Å². The summed E-state index contributed by atoms with van der Waals surface area (Å²) >= 11 is 0. The van der Waals surface area contributed by atoms with Crippen LogP contribution in [0.3, 0.4) is 0 Å². The lowest BCUT2D eigenvalue weighted by molar-refractivity contribution is -0.143. The van der Waals surface area contributed by atoms with E-state index in [1.54, 1.807) is 0 Å². The summed E-state index contributed by atoms with van der Waals surface area (Å²) in [6, 6.07) is 17.4. The third kappa shape index (κ3) is 2.98. The molecule has 2 aromatic carbocycles. The van der Waals surface area contributed by atoms with Crippen LogP contribution in [0.5, 0.6) is 0 Å². The molecule has 0 fully saturated rings. The van der Waals surface area contributed by atoms with Gasteiger partial charge in [-0.1, -0.05) is 54.6 Å². The average molecular weight is 281 g/mol. The van der Waals surface area contributed by atoms with E-state index in [1.165, 1.54) is 11.1 Å². The summed E-state index contributed by atoms with van der Waals surface area (Å²) in [5.41, 5.74) is 3.55. The number of hydrogen-bond acceptors (Lipinski definition) is 2. The SMILES string of the molecule is O=C(O)C(c1ccccc1)N1CCc2ccccc2CC1. The quantitative estimate of drug-likeness (QED) is 0.940. The van der Waals surface area contributed by atoms with Gasteiger partial charge in [-0.15, -0.1) is 0 Å². The van der Waals surface area contributed by atoms with Crippen LogP contribution in [0.4, 0.5) is 0 Å². The van der Waals surface area contributed by atoms with Crippen molar-refractivity contribution in [3.8, 4) is 0 Å². The van der Waals surface area contributed by atoms with Crippen LogP contribution in [0.25, 0.3) is 0 Å². The first kappa shape index (κ1) is 13.8. The van der Waals surface area contributed by atoms with E-state index in [0.29, 0.717) is 0 Å². The minimum Gasteiger partial charge on any atom is -0.480 e. The molecule has 0 amide bonds. The molecule has 0 saturated carbocycles. The van der Waals surface area contributed by atoms with Crippen LogP contribution >= 0.6 is 0 Å². The zero-order chi connectivity index (χ0) is 14.7. The Morgan fingerprint density at radius 3 is 1.95 bits per heavy atom. The lowest BCUT2D eigenvalue weighted by atomic mass is 10.0. The third-order valence-electron chi connectivity index (χ3n) is 4.17. The van der Waals surface area contributed by atoms with Crippen LogP contribution in [-0.2, 0) is 17.6 Å². The largest absolute Gasteiger partial charge is 0.480 e. The van der Waals surface area contributed by atoms with Crippen LogP contribution in [0.2, 0.25) is 0 Å². The van der Waals surface area contributed by atoms with Crippen molar-refractivity contribution in [3.05, 3.63) is 71.3 Å². The highest BCUT2D eigenvalue weighted by Gasteiger charge is 2.28. The Balaban J connectivity index is 1.84. The Kier molecular flexibility index (Phi) is 4.02. The lowest BCUT2D eigenvalue weighted by Gasteiger charge is -2.27. The standard InChI is InChI=1S/C18H19NO2/c20-18(21)17(16-8-2-1-3-9-16)19-12-10-14-6-4-5-7-15(14)11-13-19/h1-9,17H,10-13H2,(H,20,21). The van der Waals surface area contributed by atoms with Gasteiger partial charge in [0.25, 0.3) is 0 Å². The molecule has 1 aliphatic heterocycles. The van der Waals surface area contributed by atoms with Crippen molar-refractivity contribution < 1.29 is 9.90 Å². The van der Waals surface area contributed by atoms with Gasteiger partial charge in [-0.05, 0) is 29.5 Å². The molecule has 3 heteroatoms. The molecular weight excluding hydrogens is 262 g/mol. The van der Waals surface area contributed by atoms with E-state index < -0.39 is 12.0 Å². The van der Waals surface area contributed by atoms with Gasteiger partial charge >= 0.3 is 5.97 Å². The van der Waals surface area contributed by atoms with Crippen molar-refractivity contribution in [1.29, 1.82) is 0 Å². The second kappa shape index (κ2) is 6.10. The fourth-order valence-electron chi connectivity index (χ4n) is 3.09. The molecule has 1 heterocycles. The Morgan fingerprint density at radius 2 is 1.43 bits per heavy atom. The van der Waals surface area contributed by atoms with Crippen molar-refractivity contribution in [3.63, 3.8) is 0 Å². The fraction of sp³-hybridized carbons (Fsp3) is 0.278. The van der Waals surface area contributed by atoms with Crippen molar-refractivity contribution >= 4 is 5.97 Å². The summed E-state index contributed by atoms with van der Waals surface area (Å²) in [4.78, 5) is 13.8. The molecule has 0 aliphatic carbocycles. The van der Waals surface area contributed by atoms with E-state index in [-0.39, 0.29) is 0 Å². The molecule has 21 heavy (non-hydrogen) atoms. The Labute approximate surface area is 124 Å². The molecule has 1 aliphatic rings. The van der Waals surface area contributed by atoms with Crippen molar-refractivity contribution in [2.75, 3.05) is 13.1 Å². The molecule has 3 rings (SSSR count). The maximum atomic E-state index is 11.7. The summed E-state index contributed by atoms with van der Waals surface area (Å²) in [5, 5.41) is 9.65. The second-order valence-corrected chi connectivity index (χ2v) is 5.46. The smallest absolute Gasteiger partial charge is 0.325 e. The summed E-state index contributed by atoms with van der Waals surface area (Å²) in [6.07, 6.45) is 1.82. The topological polar surface area (TPSA) is 40.5 Å². The molecule has 3 nitrogen and oxygen atoms in total. The molecule has 1 atom stereocenters. The first-order chi connectivity index (χ1) is 10.3. The summed E-state index contributed by atoms with van der Waals surface area (Å²) in [7, 11) is 0. The van der Waals surface area contributed by atoms with Gasteiger partial charge in [0, 0.05) is 13.1 Å². The highest BCUT2D eigenvalue weighted by molar-refractivity contribution is 5.75. The number of nitrogens with zero attached hydrogens (tertiary/aromatic N) is 1. The van der Waals surface area contributed by atoms with Gasteiger partial charge in [-0.2, -0.15) is 0 Å². The molecule has 2 aromatic rings. The lowest BCUT2D eigenvalue weighted by Crippen LogP contribution is -2.36. The predicted molar refractivity (Wildman–Crippen MR) is 82.2 cm³/mol. The van der Waals surface area contributed by atoms with Crippen molar-refractivity contribution in [2.24, 2.45) is 0 Å². The van der Waals surface area contributed by atoms with E-state index >= 15 is 0 Å². The monoisotopic (exact) mass is 281 g/mol. The molecule has 0 saturated heterocycles. The predicted octanol–water partition coefficient (Wildman–Crippen LogP) is 2.91. The number of benzene rings is 2. The molecule has 1 N–H and O–H groups in total. The number of fused-ring (bicyclic) bond motifs is 1. The van der Waals surface area contributed by atoms with Crippen LogP contribution in [0.1, 0.15) is 22.7 Å². The number of carbonyl (C=O) groups is 1. The first-order valence-electron chi connectivity index (χ1n) is 7.34. The van der Waals surface area contributed by atoms with E-state index in [0.717, 1.165) is 31.5 Å². The van der Waals surface area contributed by atoms with Gasteiger partial charge in [0.1, 0.15) is 6.04 Å². The van der Waals surface area contributed by atoms with Crippen molar-refractivity contribution in [2.45, 2.75) is 18.9 Å². The van der Waals surface area contributed by atoms with Crippen LogP contribution in [-0.4, -0.2) is 29.1 Å². The number of carboxylic acids is 1.